The molecule has 3 fully saturated rings. The second-order valence-corrected chi connectivity index (χ2v) is 7.29. The number of fused-ring (bicyclic) bond motifs is 1. The van der Waals surface area contributed by atoms with Crippen LogP contribution in [0.2, 0.25) is 0 Å². The van der Waals surface area contributed by atoms with Crippen molar-refractivity contribution in [3.63, 3.8) is 0 Å². The highest BCUT2D eigenvalue weighted by Crippen LogP contribution is 2.72. The minimum atomic E-state index is -0.644. The molecular formula is C15H24O3. The number of carbonyl (C=O) groups is 1. The SMILES string of the molecule is CC1C(O)CC23CC1C(C)(C(=O)O)C2CCC3C. The van der Waals surface area contributed by atoms with Crippen LogP contribution in [-0.4, -0.2) is 22.3 Å². The summed E-state index contributed by atoms with van der Waals surface area (Å²) in [5, 5.41) is 20.1. The third-order valence-corrected chi connectivity index (χ3v) is 6.95. The summed E-state index contributed by atoms with van der Waals surface area (Å²) in [6.07, 6.45) is 3.67. The standard InChI is InChI=1S/C15H24O3/c1-8-4-5-12-14(3,13(17)18)10-6-15(8,12)7-11(16)9(10)2/h8-12,16H,4-7H2,1-3H3,(H,17,18). The van der Waals surface area contributed by atoms with Gasteiger partial charge < -0.3 is 10.2 Å². The number of hydrogen-bond acceptors (Lipinski definition) is 2. The molecule has 2 N–H and O–H groups in total. The van der Waals surface area contributed by atoms with Crippen LogP contribution in [0.1, 0.15) is 46.5 Å². The molecule has 0 saturated heterocycles. The Morgan fingerprint density at radius 1 is 1.22 bits per heavy atom. The third kappa shape index (κ3) is 1.17. The lowest BCUT2D eigenvalue weighted by Crippen LogP contribution is -2.41. The summed E-state index contributed by atoms with van der Waals surface area (Å²) in [6, 6.07) is 0. The molecule has 7 atom stereocenters. The van der Waals surface area contributed by atoms with Crippen LogP contribution in [0.4, 0.5) is 0 Å². The van der Waals surface area contributed by atoms with E-state index in [1.54, 1.807) is 0 Å². The van der Waals surface area contributed by atoms with E-state index < -0.39 is 11.4 Å². The van der Waals surface area contributed by atoms with Gasteiger partial charge in [-0.15, -0.1) is 0 Å². The van der Waals surface area contributed by atoms with Crippen molar-refractivity contribution in [2.24, 2.45) is 34.5 Å². The predicted molar refractivity (Wildman–Crippen MR) is 68.0 cm³/mol. The Hall–Kier alpha value is -0.570. The molecule has 18 heavy (non-hydrogen) atoms. The number of hydrogen-bond donors (Lipinski definition) is 2. The molecule has 3 aliphatic rings. The van der Waals surface area contributed by atoms with Gasteiger partial charge in [0.05, 0.1) is 11.5 Å². The molecule has 3 rings (SSSR count). The van der Waals surface area contributed by atoms with Crippen molar-refractivity contribution >= 4 is 5.97 Å². The van der Waals surface area contributed by atoms with Crippen molar-refractivity contribution in [1.82, 2.24) is 0 Å². The molecule has 102 valence electrons. The Balaban J connectivity index is 2.12. The number of carboxylic acid groups (broad SMARTS) is 1. The summed E-state index contributed by atoms with van der Waals surface area (Å²) in [7, 11) is 0. The van der Waals surface area contributed by atoms with Crippen molar-refractivity contribution in [3.8, 4) is 0 Å². The van der Waals surface area contributed by atoms with E-state index >= 15 is 0 Å². The lowest BCUT2D eigenvalue weighted by Gasteiger charge is -2.42. The summed E-state index contributed by atoms with van der Waals surface area (Å²) in [5.41, 5.74) is -0.522. The van der Waals surface area contributed by atoms with Gasteiger partial charge in [0.25, 0.3) is 0 Å². The quantitative estimate of drug-likeness (QED) is 0.754. The maximum Gasteiger partial charge on any atom is 0.309 e. The molecule has 0 aromatic carbocycles. The molecule has 0 heterocycles. The molecule has 2 bridgehead atoms. The maximum atomic E-state index is 11.9. The molecular weight excluding hydrogens is 228 g/mol. The highest BCUT2D eigenvalue weighted by Gasteiger charge is 2.70. The molecule has 0 aromatic rings. The summed E-state index contributed by atoms with van der Waals surface area (Å²) < 4.78 is 0. The van der Waals surface area contributed by atoms with Crippen LogP contribution in [-0.2, 0) is 4.79 Å². The van der Waals surface area contributed by atoms with Crippen LogP contribution in [0.15, 0.2) is 0 Å². The zero-order valence-corrected chi connectivity index (χ0v) is 11.5. The lowest BCUT2D eigenvalue weighted by atomic mass is 9.64. The van der Waals surface area contributed by atoms with Gasteiger partial charge in [-0.2, -0.15) is 0 Å². The maximum absolute atomic E-state index is 11.9. The van der Waals surface area contributed by atoms with Crippen LogP contribution in [0.25, 0.3) is 0 Å². The predicted octanol–water partition coefficient (Wildman–Crippen LogP) is 2.53. The zero-order valence-electron chi connectivity index (χ0n) is 11.5. The Morgan fingerprint density at radius 3 is 2.50 bits per heavy atom. The topological polar surface area (TPSA) is 57.5 Å². The van der Waals surface area contributed by atoms with Gasteiger partial charge in [-0.25, -0.2) is 0 Å². The summed E-state index contributed by atoms with van der Waals surface area (Å²) in [6.45, 7) is 6.24. The molecule has 1 spiro atoms. The smallest absolute Gasteiger partial charge is 0.309 e. The highest BCUT2D eigenvalue weighted by molar-refractivity contribution is 5.76. The number of aliphatic hydroxyl groups excluding tert-OH is 1. The van der Waals surface area contributed by atoms with E-state index in [2.05, 4.69) is 6.92 Å². The zero-order chi connectivity index (χ0) is 13.3. The Kier molecular flexibility index (Phi) is 2.42. The first-order chi connectivity index (χ1) is 8.34. The largest absolute Gasteiger partial charge is 0.481 e. The van der Waals surface area contributed by atoms with Crippen molar-refractivity contribution in [3.05, 3.63) is 0 Å². The van der Waals surface area contributed by atoms with Crippen LogP contribution >= 0.6 is 0 Å². The molecule has 3 aliphatic carbocycles. The fourth-order valence-corrected chi connectivity index (χ4v) is 5.77. The van der Waals surface area contributed by atoms with Gasteiger partial charge in [0.1, 0.15) is 0 Å². The van der Waals surface area contributed by atoms with Crippen LogP contribution in [0, 0.1) is 34.5 Å². The van der Waals surface area contributed by atoms with Gasteiger partial charge in [-0.05, 0) is 61.7 Å². The van der Waals surface area contributed by atoms with Gasteiger partial charge in [0, 0.05) is 0 Å². The Bertz CT molecular complexity index is 393. The van der Waals surface area contributed by atoms with Gasteiger partial charge in [0.15, 0.2) is 0 Å². The molecule has 0 aromatic heterocycles. The number of carboxylic acids is 1. The molecule has 0 amide bonds. The number of aliphatic hydroxyl groups is 1. The average molecular weight is 252 g/mol. The minimum absolute atomic E-state index is 0.101. The molecule has 0 radical (unpaired) electrons. The average Bonchev–Trinajstić information content (AvgIpc) is 2.71. The second-order valence-electron chi connectivity index (χ2n) is 7.29. The first-order valence-electron chi connectivity index (χ1n) is 7.25. The van der Waals surface area contributed by atoms with Gasteiger partial charge >= 0.3 is 5.97 Å². The van der Waals surface area contributed by atoms with Crippen LogP contribution in [0.3, 0.4) is 0 Å². The third-order valence-electron chi connectivity index (χ3n) is 6.95. The van der Waals surface area contributed by atoms with Gasteiger partial charge in [-0.3, -0.25) is 4.79 Å². The second kappa shape index (κ2) is 3.50. The van der Waals surface area contributed by atoms with Crippen molar-refractivity contribution < 1.29 is 15.0 Å². The van der Waals surface area contributed by atoms with E-state index in [-0.39, 0.29) is 29.3 Å². The number of rotatable bonds is 1. The minimum Gasteiger partial charge on any atom is -0.481 e. The van der Waals surface area contributed by atoms with Crippen molar-refractivity contribution in [1.29, 1.82) is 0 Å². The van der Waals surface area contributed by atoms with E-state index in [4.69, 9.17) is 0 Å². The first-order valence-corrected chi connectivity index (χ1v) is 7.25. The van der Waals surface area contributed by atoms with Crippen LogP contribution < -0.4 is 0 Å². The molecule has 7 unspecified atom stereocenters. The van der Waals surface area contributed by atoms with Gasteiger partial charge in [-0.1, -0.05) is 13.8 Å². The van der Waals surface area contributed by atoms with Crippen molar-refractivity contribution in [2.45, 2.75) is 52.6 Å². The highest BCUT2D eigenvalue weighted by atomic mass is 16.4. The Morgan fingerprint density at radius 2 is 1.89 bits per heavy atom. The molecule has 3 heteroatoms. The molecule has 3 nitrogen and oxygen atoms in total. The number of aliphatic carboxylic acids is 1. The van der Waals surface area contributed by atoms with E-state index in [1.807, 2.05) is 13.8 Å². The lowest BCUT2D eigenvalue weighted by molar-refractivity contribution is -0.154. The van der Waals surface area contributed by atoms with Crippen LogP contribution in [0.5, 0.6) is 0 Å². The monoisotopic (exact) mass is 252 g/mol. The molecule has 3 saturated carbocycles. The first kappa shape index (κ1) is 12.5. The van der Waals surface area contributed by atoms with E-state index in [9.17, 15) is 15.0 Å². The van der Waals surface area contributed by atoms with E-state index in [0.717, 1.165) is 25.7 Å². The normalized spacial score (nSPS) is 58.6. The summed E-state index contributed by atoms with van der Waals surface area (Å²) >= 11 is 0. The molecule has 0 aliphatic heterocycles. The fraction of sp³-hybridized carbons (Fsp3) is 0.933. The summed E-state index contributed by atoms with van der Waals surface area (Å²) in [5.74, 6) is 0.450. The van der Waals surface area contributed by atoms with E-state index in [1.165, 1.54) is 0 Å². The Labute approximate surface area is 109 Å². The van der Waals surface area contributed by atoms with E-state index in [0.29, 0.717) is 5.92 Å². The fourth-order valence-electron chi connectivity index (χ4n) is 5.77. The van der Waals surface area contributed by atoms with Gasteiger partial charge in [0.2, 0.25) is 0 Å². The summed E-state index contributed by atoms with van der Waals surface area (Å²) in [4.78, 5) is 11.9. The van der Waals surface area contributed by atoms with Crippen molar-refractivity contribution in [2.75, 3.05) is 0 Å².